The second kappa shape index (κ2) is 5.10. The van der Waals surface area contributed by atoms with Crippen molar-refractivity contribution < 1.29 is 9.53 Å². The third kappa shape index (κ3) is 2.57. The molecule has 19 heavy (non-hydrogen) atoms. The number of amides is 1. The minimum atomic E-state index is -0.417. The van der Waals surface area contributed by atoms with Crippen LogP contribution in [0, 0.1) is 0 Å². The van der Waals surface area contributed by atoms with E-state index in [-0.39, 0.29) is 5.91 Å². The average molecular weight is 254 g/mol. The molecular weight excluding hydrogens is 240 g/mol. The molecule has 2 heterocycles. The summed E-state index contributed by atoms with van der Waals surface area (Å²) in [4.78, 5) is 16.0. The van der Waals surface area contributed by atoms with Crippen molar-refractivity contribution in [2.24, 2.45) is 0 Å². The van der Waals surface area contributed by atoms with Gasteiger partial charge in [-0.05, 0) is 29.3 Å². The molecule has 3 rings (SSSR count). The van der Waals surface area contributed by atoms with E-state index in [4.69, 9.17) is 4.74 Å². The van der Waals surface area contributed by atoms with Crippen LogP contribution < -0.4 is 10.1 Å². The number of fused-ring (bicyclic) bond motifs is 1. The number of ether oxygens (including phenoxy) is 1. The molecule has 0 fully saturated rings. The first kappa shape index (κ1) is 11.7. The Morgan fingerprint density at radius 1 is 1.26 bits per heavy atom. The van der Waals surface area contributed by atoms with Crippen molar-refractivity contribution in [3.05, 3.63) is 59.9 Å². The standard InChI is InChI=1S/C15H14N2O2/c18-15(17-10-11-5-7-16-8-6-11)14-9-12-3-1-2-4-13(12)19-14/h1-8,14H,9-10H2,(H,17,18). The third-order valence-electron chi connectivity index (χ3n) is 3.16. The molecule has 2 aromatic rings. The molecule has 1 aromatic carbocycles. The van der Waals surface area contributed by atoms with Gasteiger partial charge in [0.25, 0.3) is 5.91 Å². The Labute approximate surface area is 111 Å². The van der Waals surface area contributed by atoms with Crippen LogP contribution in [0.15, 0.2) is 48.8 Å². The Bertz CT molecular complexity index is 559. The van der Waals surface area contributed by atoms with Gasteiger partial charge in [-0.1, -0.05) is 18.2 Å². The molecule has 1 aromatic heterocycles. The van der Waals surface area contributed by atoms with Crippen molar-refractivity contribution >= 4 is 5.91 Å². The van der Waals surface area contributed by atoms with Gasteiger partial charge in [0.15, 0.2) is 6.10 Å². The Kier molecular flexibility index (Phi) is 3.14. The van der Waals surface area contributed by atoms with Crippen molar-refractivity contribution in [2.75, 3.05) is 0 Å². The molecule has 0 spiro atoms. The van der Waals surface area contributed by atoms with Gasteiger partial charge in [-0.25, -0.2) is 0 Å². The summed E-state index contributed by atoms with van der Waals surface area (Å²) in [6.45, 7) is 0.498. The smallest absolute Gasteiger partial charge is 0.261 e. The molecule has 0 aliphatic carbocycles. The summed E-state index contributed by atoms with van der Waals surface area (Å²) < 4.78 is 5.63. The molecule has 0 saturated carbocycles. The van der Waals surface area contributed by atoms with Gasteiger partial charge in [0, 0.05) is 25.4 Å². The van der Waals surface area contributed by atoms with Crippen molar-refractivity contribution in [3.63, 3.8) is 0 Å². The highest BCUT2D eigenvalue weighted by Gasteiger charge is 2.28. The van der Waals surface area contributed by atoms with Gasteiger partial charge in [-0.15, -0.1) is 0 Å². The number of rotatable bonds is 3. The molecule has 1 aliphatic heterocycles. The van der Waals surface area contributed by atoms with Crippen molar-refractivity contribution in [1.29, 1.82) is 0 Å². The van der Waals surface area contributed by atoms with Gasteiger partial charge >= 0.3 is 0 Å². The summed E-state index contributed by atoms with van der Waals surface area (Å²) in [7, 11) is 0. The lowest BCUT2D eigenvalue weighted by molar-refractivity contribution is -0.127. The molecule has 1 atom stereocenters. The first-order chi connectivity index (χ1) is 9.33. The molecule has 1 unspecified atom stereocenters. The normalized spacial score (nSPS) is 16.5. The average Bonchev–Trinajstić information content (AvgIpc) is 2.90. The summed E-state index contributed by atoms with van der Waals surface area (Å²) in [5, 5.41) is 2.88. The topological polar surface area (TPSA) is 51.2 Å². The summed E-state index contributed by atoms with van der Waals surface area (Å²) >= 11 is 0. The van der Waals surface area contributed by atoms with E-state index in [2.05, 4.69) is 10.3 Å². The van der Waals surface area contributed by atoms with E-state index < -0.39 is 6.10 Å². The second-order valence-corrected chi connectivity index (χ2v) is 4.49. The number of aromatic nitrogens is 1. The largest absolute Gasteiger partial charge is 0.480 e. The summed E-state index contributed by atoms with van der Waals surface area (Å²) in [6.07, 6.45) is 3.64. The molecule has 4 nitrogen and oxygen atoms in total. The lowest BCUT2D eigenvalue weighted by atomic mass is 10.1. The van der Waals surface area contributed by atoms with Gasteiger partial charge in [0.05, 0.1) is 0 Å². The van der Waals surface area contributed by atoms with Gasteiger partial charge in [0.2, 0.25) is 0 Å². The van der Waals surface area contributed by atoms with Crippen LogP contribution in [0.2, 0.25) is 0 Å². The number of hydrogen-bond acceptors (Lipinski definition) is 3. The van der Waals surface area contributed by atoms with E-state index in [0.717, 1.165) is 16.9 Å². The third-order valence-corrected chi connectivity index (χ3v) is 3.16. The van der Waals surface area contributed by atoms with Gasteiger partial charge in [0.1, 0.15) is 5.75 Å². The Hall–Kier alpha value is -2.36. The Balaban J connectivity index is 1.58. The minimum Gasteiger partial charge on any atom is -0.480 e. The minimum absolute atomic E-state index is 0.0759. The van der Waals surface area contributed by atoms with Crippen LogP contribution >= 0.6 is 0 Å². The van der Waals surface area contributed by atoms with Crippen LogP contribution in [0.5, 0.6) is 5.75 Å². The van der Waals surface area contributed by atoms with Gasteiger partial charge in [-0.3, -0.25) is 9.78 Å². The zero-order valence-corrected chi connectivity index (χ0v) is 10.4. The van der Waals surface area contributed by atoms with E-state index in [9.17, 15) is 4.79 Å². The van der Waals surface area contributed by atoms with Crippen LogP contribution in [0.4, 0.5) is 0 Å². The number of carbonyl (C=O) groups is 1. The molecule has 1 amide bonds. The first-order valence-corrected chi connectivity index (χ1v) is 6.24. The summed E-state index contributed by atoms with van der Waals surface area (Å²) in [5.41, 5.74) is 2.12. The Morgan fingerprint density at radius 2 is 2.05 bits per heavy atom. The summed E-state index contributed by atoms with van der Waals surface area (Å²) in [5.74, 6) is 0.736. The van der Waals surface area contributed by atoms with E-state index >= 15 is 0 Å². The van der Waals surface area contributed by atoms with Crippen LogP contribution in [0.3, 0.4) is 0 Å². The van der Waals surface area contributed by atoms with Crippen LogP contribution in [-0.2, 0) is 17.8 Å². The fourth-order valence-electron chi connectivity index (χ4n) is 2.13. The predicted octanol–water partition coefficient (Wildman–Crippen LogP) is 1.70. The maximum absolute atomic E-state index is 12.0. The van der Waals surface area contributed by atoms with Crippen molar-refractivity contribution in [1.82, 2.24) is 10.3 Å². The monoisotopic (exact) mass is 254 g/mol. The quantitative estimate of drug-likeness (QED) is 0.907. The lowest BCUT2D eigenvalue weighted by Gasteiger charge is -2.11. The zero-order chi connectivity index (χ0) is 13.1. The van der Waals surface area contributed by atoms with Gasteiger partial charge < -0.3 is 10.1 Å². The van der Waals surface area contributed by atoms with E-state index in [1.165, 1.54) is 0 Å². The fourth-order valence-corrected chi connectivity index (χ4v) is 2.13. The zero-order valence-electron chi connectivity index (χ0n) is 10.4. The highest BCUT2D eigenvalue weighted by Crippen LogP contribution is 2.28. The number of hydrogen-bond donors (Lipinski definition) is 1. The molecule has 96 valence electrons. The van der Waals surface area contributed by atoms with E-state index in [1.807, 2.05) is 36.4 Å². The highest BCUT2D eigenvalue weighted by molar-refractivity contribution is 5.82. The lowest BCUT2D eigenvalue weighted by Crippen LogP contribution is -2.36. The maximum Gasteiger partial charge on any atom is 0.261 e. The molecular formula is C15H14N2O2. The molecule has 1 N–H and O–H groups in total. The highest BCUT2D eigenvalue weighted by atomic mass is 16.5. The number of pyridine rings is 1. The molecule has 0 saturated heterocycles. The maximum atomic E-state index is 12.0. The van der Waals surface area contributed by atoms with Crippen LogP contribution in [0.1, 0.15) is 11.1 Å². The predicted molar refractivity (Wildman–Crippen MR) is 70.6 cm³/mol. The molecule has 0 radical (unpaired) electrons. The molecule has 1 aliphatic rings. The number of nitrogens with one attached hydrogen (secondary N) is 1. The number of nitrogens with zero attached hydrogens (tertiary/aromatic N) is 1. The Morgan fingerprint density at radius 3 is 2.84 bits per heavy atom. The van der Waals surface area contributed by atoms with E-state index in [1.54, 1.807) is 12.4 Å². The number of benzene rings is 1. The second-order valence-electron chi connectivity index (χ2n) is 4.49. The number of carbonyl (C=O) groups excluding carboxylic acids is 1. The molecule has 4 heteroatoms. The van der Waals surface area contributed by atoms with Gasteiger partial charge in [-0.2, -0.15) is 0 Å². The van der Waals surface area contributed by atoms with Crippen molar-refractivity contribution in [2.45, 2.75) is 19.1 Å². The van der Waals surface area contributed by atoms with E-state index in [0.29, 0.717) is 13.0 Å². The summed E-state index contributed by atoms with van der Waals surface area (Å²) in [6, 6.07) is 11.5. The number of para-hydroxylation sites is 1. The van der Waals surface area contributed by atoms with Crippen LogP contribution in [0.25, 0.3) is 0 Å². The van der Waals surface area contributed by atoms with Crippen molar-refractivity contribution in [3.8, 4) is 5.75 Å². The SMILES string of the molecule is O=C(NCc1ccncc1)C1Cc2ccccc2O1. The fraction of sp³-hybridized carbons (Fsp3) is 0.200. The van der Waals surface area contributed by atoms with Crippen LogP contribution in [-0.4, -0.2) is 17.0 Å². The molecule has 0 bridgehead atoms. The first-order valence-electron chi connectivity index (χ1n) is 6.24.